The summed E-state index contributed by atoms with van der Waals surface area (Å²) in [5, 5.41) is 9.70. The molecular weight excluding hydrogens is 337 g/mol. The van der Waals surface area contributed by atoms with Gasteiger partial charge in [-0.05, 0) is 23.8 Å². The van der Waals surface area contributed by atoms with Crippen LogP contribution in [0.2, 0.25) is 0 Å². The van der Waals surface area contributed by atoms with Crippen LogP contribution in [-0.4, -0.2) is 20.6 Å². The average molecular weight is 350 g/mol. The molecule has 2 aromatic heterocycles. The summed E-state index contributed by atoms with van der Waals surface area (Å²) in [6.45, 7) is 0.0117. The maximum atomic E-state index is 12.6. The molecule has 0 spiro atoms. The number of benzene rings is 1. The zero-order valence-electron chi connectivity index (χ0n) is 13.0. The summed E-state index contributed by atoms with van der Waals surface area (Å²) in [5.74, 6) is -0.849. The van der Waals surface area contributed by atoms with Gasteiger partial charge < -0.3 is 14.4 Å². The summed E-state index contributed by atoms with van der Waals surface area (Å²) >= 11 is 0. The molecule has 0 bridgehead atoms. The molecule has 0 fully saturated rings. The van der Waals surface area contributed by atoms with Crippen LogP contribution < -0.4 is 4.74 Å². The summed E-state index contributed by atoms with van der Waals surface area (Å²) in [7, 11) is 1.67. The van der Waals surface area contributed by atoms with Gasteiger partial charge in [0.2, 0.25) is 5.88 Å². The highest BCUT2D eigenvalue weighted by Gasteiger charge is 2.29. The van der Waals surface area contributed by atoms with Gasteiger partial charge in [-0.15, -0.1) is 0 Å². The molecule has 130 valence electrons. The molecule has 3 rings (SSSR count). The van der Waals surface area contributed by atoms with Gasteiger partial charge in [-0.3, -0.25) is 0 Å². The van der Waals surface area contributed by atoms with E-state index < -0.39 is 17.7 Å². The quantitative estimate of drug-likeness (QED) is 0.776. The number of pyridine rings is 1. The van der Waals surface area contributed by atoms with Crippen LogP contribution in [0.15, 0.2) is 42.7 Å². The summed E-state index contributed by atoms with van der Waals surface area (Å²) in [6, 6.07) is 6.20. The fourth-order valence-corrected chi connectivity index (χ4v) is 2.54. The van der Waals surface area contributed by atoms with Crippen LogP contribution in [0.4, 0.5) is 13.2 Å². The standard InChI is InChI=1S/C17H13F3N2O3/c1-22-8-13(16(23)24)12-6-7-21-15(14(12)22)25-9-10-2-4-11(5-3-10)17(18,19)20/h2-8H,9H2,1H3,(H,23,24). The predicted molar refractivity (Wildman–Crippen MR) is 83.4 cm³/mol. The smallest absolute Gasteiger partial charge is 0.416 e. The fourth-order valence-electron chi connectivity index (χ4n) is 2.54. The average Bonchev–Trinajstić information content (AvgIpc) is 2.90. The molecule has 0 amide bonds. The van der Waals surface area contributed by atoms with Crippen molar-refractivity contribution in [1.29, 1.82) is 0 Å². The minimum absolute atomic E-state index is 0.0117. The van der Waals surface area contributed by atoms with E-state index in [0.717, 1.165) is 12.1 Å². The number of fused-ring (bicyclic) bond motifs is 1. The second-order valence-electron chi connectivity index (χ2n) is 5.45. The van der Waals surface area contributed by atoms with Crippen LogP contribution in [0.25, 0.3) is 10.9 Å². The van der Waals surface area contributed by atoms with Crippen LogP contribution >= 0.6 is 0 Å². The van der Waals surface area contributed by atoms with Gasteiger partial charge in [0.1, 0.15) is 12.1 Å². The number of carboxylic acids is 1. The first-order valence-electron chi connectivity index (χ1n) is 7.23. The van der Waals surface area contributed by atoms with Crippen molar-refractivity contribution in [2.75, 3.05) is 0 Å². The van der Waals surface area contributed by atoms with Gasteiger partial charge >= 0.3 is 12.1 Å². The molecule has 1 N–H and O–H groups in total. The van der Waals surface area contributed by atoms with Crippen LogP contribution in [0.3, 0.4) is 0 Å². The predicted octanol–water partition coefficient (Wildman–Crippen LogP) is 3.87. The van der Waals surface area contributed by atoms with Gasteiger partial charge in [0.25, 0.3) is 0 Å². The number of nitrogens with zero attached hydrogens (tertiary/aromatic N) is 2. The zero-order chi connectivity index (χ0) is 18.2. The molecule has 0 radical (unpaired) electrons. The number of carboxylic acid groups (broad SMARTS) is 1. The Bertz CT molecular complexity index is 931. The molecule has 0 unspecified atom stereocenters. The molecular formula is C17H13F3N2O3. The van der Waals surface area contributed by atoms with Crippen LogP contribution in [0, 0.1) is 0 Å². The molecule has 8 heteroatoms. The van der Waals surface area contributed by atoms with Crippen molar-refractivity contribution < 1.29 is 27.8 Å². The van der Waals surface area contributed by atoms with Crippen LogP contribution in [0.5, 0.6) is 5.88 Å². The fraction of sp³-hybridized carbons (Fsp3) is 0.176. The summed E-state index contributed by atoms with van der Waals surface area (Å²) in [4.78, 5) is 15.4. The molecule has 3 aromatic rings. The zero-order valence-corrected chi connectivity index (χ0v) is 13.0. The number of hydrogen-bond donors (Lipinski definition) is 1. The highest BCUT2D eigenvalue weighted by atomic mass is 19.4. The van der Waals surface area contributed by atoms with Gasteiger partial charge in [-0.2, -0.15) is 13.2 Å². The third kappa shape index (κ3) is 3.28. The van der Waals surface area contributed by atoms with E-state index in [9.17, 15) is 23.1 Å². The maximum Gasteiger partial charge on any atom is 0.416 e. The molecule has 0 saturated heterocycles. The Kier molecular flexibility index (Phi) is 4.12. The Balaban J connectivity index is 1.85. The van der Waals surface area contributed by atoms with Gasteiger partial charge in [0.15, 0.2) is 0 Å². The Morgan fingerprint density at radius 2 is 1.92 bits per heavy atom. The number of aryl methyl sites for hydroxylation is 1. The Morgan fingerprint density at radius 3 is 2.52 bits per heavy atom. The highest BCUT2D eigenvalue weighted by molar-refractivity contribution is 6.04. The summed E-state index contributed by atoms with van der Waals surface area (Å²) in [6.07, 6.45) is -1.50. The lowest BCUT2D eigenvalue weighted by Gasteiger charge is -2.10. The second kappa shape index (κ2) is 6.12. The van der Waals surface area contributed by atoms with Crippen molar-refractivity contribution in [3.05, 3.63) is 59.4 Å². The molecule has 0 aliphatic rings. The lowest BCUT2D eigenvalue weighted by Crippen LogP contribution is -2.05. The SMILES string of the molecule is Cn1cc(C(=O)O)c2ccnc(OCc3ccc(C(F)(F)F)cc3)c21. The Labute approximate surface area is 140 Å². The Hall–Kier alpha value is -3.03. The van der Waals surface area contributed by atoms with Gasteiger partial charge in [-0.1, -0.05) is 12.1 Å². The minimum atomic E-state index is -4.39. The van der Waals surface area contributed by atoms with Gasteiger partial charge in [0.05, 0.1) is 11.1 Å². The summed E-state index contributed by atoms with van der Waals surface area (Å²) in [5.41, 5.74) is 0.440. The van der Waals surface area contributed by atoms with Crippen LogP contribution in [0.1, 0.15) is 21.5 Å². The van der Waals surface area contributed by atoms with Crippen molar-refractivity contribution in [1.82, 2.24) is 9.55 Å². The molecule has 0 atom stereocenters. The normalized spacial score (nSPS) is 11.7. The largest absolute Gasteiger partial charge is 0.478 e. The number of halogens is 3. The topological polar surface area (TPSA) is 64.4 Å². The van der Waals surface area contributed by atoms with E-state index in [2.05, 4.69) is 4.98 Å². The monoisotopic (exact) mass is 350 g/mol. The first-order chi connectivity index (χ1) is 11.8. The first kappa shape index (κ1) is 16.8. The summed E-state index contributed by atoms with van der Waals surface area (Å²) < 4.78 is 44.9. The molecule has 0 aliphatic heterocycles. The van der Waals surface area contributed by atoms with Crippen LogP contribution in [-0.2, 0) is 19.8 Å². The number of rotatable bonds is 4. The second-order valence-corrected chi connectivity index (χ2v) is 5.45. The number of aromatic carboxylic acids is 1. The van der Waals surface area contributed by atoms with E-state index in [1.54, 1.807) is 17.7 Å². The maximum absolute atomic E-state index is 12.6. The van der Waals surface area contributed by atoms with Gasteiger partial charge in [-0.25, -0.2) is 9.78 Å². The molecule has 5 nitrogen and oxygen atoms in total. The number of hydrogen-bond acceptors (Lipinski definition) is 3. The molecule has 25 heavy (non-hydrogen) atoms. The van der Waals surface area contributed by atoms with Crippen molar-refractivity contribution in [3.8, 4) is 5.88 Å². The van der Waals surface area contributed by atoms with E-state index in [-0.39, 0.29) is 18.1 Å². The van der Waals surface area contributed by atoms with E-state index in [4.69, 9.17) is 4.74 Å². The van der Waals surface area contributed by atoms with Crippen molar-refractivity contribution in [3.63, 3.8) is 0 Å². The van der Waals surface area contributed by atoms with Crippen molar-refractivity contribution in [2.24, 2.45) is 7.05 Å². The van der Waals surface area contributed by atoms with E-state index in [0.29, 0.717) is 16.5 Å². The van der Waals surface area contributed by atoms with E-state index in [1.165, 1.54) is 24.5 Å². The molecule has 0 saturated carbocycles. The Morgan fingerprint density at radius 1 is 1.24 bits per heavy atom. The third-order valence-electron chi connectivity index (χ3n) is 3.74. The number of carbonyl (C=O) groups is 1. The number of aromatic nitrogens is 2. The van der Waals surface area contributed by atoms with Crippen molar-refractivity contribution in [2.45, 2.75) is 12.8 Å². The highest BCUT2D eigenvalue weighted by Crippen LogP contribution is 2.30. The molecule has 2 heterocycles. The minimum Gasteiger partial charge on any atom is -0.478 e. The lowest BCUT2D eigenvalue weighted by atomic mass is 10.1. The number of ether oxygens (including phenoxy) is 1. The molecule has 1 aromatic carbocycles. The van der Waals surface area contributed by atoms with Crippen molar-refractivity contribution >= 4 is 16.9 Å². The molecule has 0 aliphatic carbocycles. The van der Waals surface area contributed by atoms with E-state index >= 15 is 0 Å². The third-order valence-corrected chi connectivity index (χ3v) is 3.74. The lowest BCUT2D eigenvalue weighted by molar-refractivity contribution is -0.137. The van der Waals surface area contributed by atoms with E-state index in [1.807, 2.05) is 0 Å². The number of alkyl halides is 3. The first-order valence-corrected chi connectivity index (χ1v) is 7.23. The van der Waals surface area contributed by atoms with Gasteiger partial charge in [0, 0.05) is 24.8 Å².